The predicted octanol–water partition coefficient (Wildman–Crippen LogP) is 4.16. The summed E-state index contributed by atoms with van der Waals surface area (Å²) in [7, 11) is 0. The van der Waals surface area contributed by atoms with E-state index >= 15 is 0 Å². The molecule has 3 rings (SSSR count). The lowest BCUT2D eigenvalue weighted by molar-refractivity contribution is -0.119. The molecule has 2 heterocycles. The number of nitrogens with one attached hydrogen (secondary N) is 1. The lowest BCUT2D eigenvalue weighted by atomic mass is 10.1. The first-order valence-corrected chi connectivity index (χ1v) is 9.09. The van der Waals surface area contributed by atoms with Crippen LogP contribution < -0.4 is 5.32 Å². The van der Waals surface area contributed by atoms with Gasteiger partial charge in [0.2, 0.25) is 0 Å². The first-order valence-electron chi connectivity index (χ1n) is 9.09. The Morgan fingerprint density at radius 2 is 1.89 bits per heavy atom. The van der Waals surface area contributed by atoms with Crippen LogP contribution in [0, 0.1) is 27.7 Å². The number of amides is 1. The number of rotatable bonds is 6. The van der Waals surface area contributed by atoms with Crippen LogP contribution in [0.2, 0.25) is 0 Å². The van der Waals surface area contributed by atoms with Crippen molar-refractivity contribution in [3.63, 3.8) is 0 Å². The molecule has 0 fully saturated rings. The second-order valence-corrected chi connectivity index (χ2v) is 6.82. The van der Waals surface area contributed by atoms with Gasteiger partial charge in [0.25, 0.3) is 5.91 Å². The molecule has 3 aromatic rings. The molecular formula is C22H24N2O4. The maximum Gasteiger partial charge on any atom is 0.340 e. The van der Waals surface area contributed by atoms with Crippen molar-refractivity contribution in [1.82, 2.24) is 4.57 Å². The number of aromatic nitrogens is 1. The fraction of sp³-hybridized carbons (Fsp3) is 0.273. The van der Waals surface area contributed by atoms with Crippen molar-refractivity contribution in [2.24, 2.45) is 0 Å². The molecule has 2 aromatic heterocycles. The van der Waals surface area contributed by atoms with Gasteiger partial charge in [-0.15, -0.1) is 0 Å². The lowest BCUT2D eigenvalue weighted by Gasteiger charge is -2.11. The molecule has 0 aliphatic carbocycles. The highest BCUT2D eigenvalue weighted by molar-refractivity contribution is 5.96. The third-order valence-electron chi connectivity index (χ3n) is 4.90. The van der Waals surface area contributed by atoms with E-state index in [2.05, 4.69) is 5.32 Å². The second kappa shape index (κ2) is 8.17. The van der Waals surface area contributed by atoms with E-state index in [9.17, 15) is 9.59 Å². The summed E-state index contributed by atoms with van der Waals surface area (Å²) in [6.45, 7) is 7.87. The molecule has 0 bridgehead atoms. The van der Waals surface area contributed by atoms with Crippen LogP contribution in [0.3, 0.4) is 0 Å². The molecule has 0 radical (unpaired) electrons. The summed E-state index contributed by atoms with van der Waals surface area (Å²) in [6.07, 6.45) is 1.62. The highest BCUT2D eigenvalue weighted by Gasteiger charge is 2.19. The lowest BCUT2D eigenvalue weighted by Crippen LogP contribution is -2.21. The smallest absolute Gasteiger partial charge is 0.340 e. The third kappa shape index (κ3) is 4.17. The predicted molar refractivity (Wildman–Crippen MR) is 107 cm³/mol. The van der Waals surface area contributed by atoms with Crippen LogP contribution in [-0.2, 0) is 16.1 Å². The highest BCUT2D eigenvalue weighted by atomic mass is 16.5. The van der Waals surface area contributed by atoms with Gasteiger partial charge in [0.15, 0.2) is 6.61 Å². The van der Waals surface area contributed by atoms with Crippen LogP contribution >= 0.6 is 0 Å². The quantitative estimate of drug-likeness (QED) is 0.652. The van der Waals surface area contributed by atoms with Crippen molar-refractivity contribution >= 4 is 17.6 Å². The number of benzene rings is 1. The molecule has 146 valence electrons. The molecule has 0 saturated carbocycles. The van der Waals surface area contributed by atoms with E-state index < -0.39 is 5.97 Å². The van der Waals surface area contributed by atoms with E-state index in [1.54, 1.807) is 12.3 Å². The number of esters is 1. The maximum absolute atomic E-state index is 12.5. The number of nitrogens with zero attached hydrogens (tertiary/aromatic N) is 1. The topological polar surface area (TPSA) is 73.5 Å². The van der Waals surface area contributed by atoms with Crippen LogP contribution in [0.25, 0.3) is 0 Å². The number of ether oxygens (including phenoxy) is 1. The second-order valence-electron chi connectivity index (χ2n) is 6.82. The molecule has 0 saturated heterocycles. The highest BCUT2D eigenvalue weighted by Crippen LogP contribution is 2.19. The first kappa shape index (κ1) is 19.5. The molecule has 6 heteroatoms. The van der Waals surface area contributed by atoms with E-state index in [1.165, 1.54) is 0 Å². The van der Waals surface area contributed by atoms with Crippen molar-refractivity contribution in [2.45, 2.75) is 34.2 Å². The minimum absolute atomic E-state index is 0.339. The minimum Gasteiger partial charge on any atom is -0.467 e. The molecule has 1 N–H and O–H groups in total. The van der Waals surface area contributed by atoms with Crippen molar-refractivity contribution in [3.05, 3.63) is 76.5 Å². The third-order valence-corrected chi connectivity index (χ3v) is 4.90. The van der Waals surface area contributed by atoms with Gasteiger partial charge in [-0.3, -0.25) is 4.79 Å². The van der Waals surface area contributed by atoms with Crippen LogP contribution in [0.1, 0.15) is 38.6 Å². The van der Waals surface area contributed by atoms with Crippen LogP contribution in [0.4, 0.5) is 5.69 Å². The van der Waals surface area contributed by atoms with Gasteiger partial charge in [-0.1, -0.05) is 12.1 Å². The Hall–Kier alpha value is -3.28. The molecule has 28 heavy (non-hydrogen) atoms. The molecule has 0 aliphatic rings. The van der Waals surface area contributed by atoms with Crippen LogP contribution in [-0.4, -0.2) is 23.1 Å². The molecule has 0 spiro atoms. The Balaban J connectivity index is 1.63. The van der Waals surface area contributed by atoms with Gasteiger partial charge in [-0.2, -0.15) is 0 Å². The van der Waals surface area contributed by atoms with Gasteiger partial charge < -0.3 is 19.0 Å². The van der Waals surface area contributed by atoms with E-state index in [-0.39, 0.29) is 12.5 Å². The number of hydrogen-bond donors (Lipinski definition) is 1. The largest absolute Gasteiger partial charge is 0.467 e. The van der Waals surface area contributed by atoms with Crippen molar-refractivity contribution in [1.29, 1.82) is 0 Å². The first-order chi connectivity index (χ1) is 13.4. The van der Waals surface area contributed by atoms with Gasteiger partial charge >= 0.3 is 5.97 Å². The van der Waals surface area contributed by atoms with E-state index in [0.717, 1.165) is 34.0 Å². The Morgan fingerprint density at radius 3 is 2.61 bits per heavy atom. The zero-order chi connectivity index (χ0) is 20.3. The summed E-state index contributed by atoms with van der Waals surface area (Å²) in [5.74, 6) is -0.0871. The van der Waals surface area contributed by atoms with E-state index in [1.807, 2.05) is 62.6 Å². The fourth-order valence-corrected chi connectivity index (χ4v) is 3.09. The summed E-state index contributed by atoms with van der Waals surface area (Å²) < 4.78 is 12.6. The summed E-state index contributed by atoms with van der Waals surface area (Å²) in [5.41, 5.74) is 4.93. The summed E-state index contributed by atoms with van der Waals surface area (Å²) in [4.78, 5) is 24.6. The Morgan fingerprint density at radius 1 is 1.11 bits per heavy atom. The van der Waals surface area contributed by atoms with Crippen LogP contribution in [0.15, 0.2) is 47.1 Å². The van der Waals surface area contributed by atoms with Crippen LogP contribution in [0.5, 0.6) is 0 Å². The number of carbonyl (C=O) groups is 2. The molecular weight excluding hydrogens is 356 g/mol. The Bertz CT molecular complexity index is 1000. The average molecular weight is 380 g/mol. The van der Waals surface area contributed by atoms with Crippen molar-refractivity contribution < 1.29 is 18.7 Å². The monoisotopic (exact) mass is 380 g/mol. The number of aryl methyl sites for hydroxylation is 2. The molecule has 0 aliphatic heterocycles. The molecule has 6 nitrogen and oxygen atoms in total. The Labute approximate surface area is 164 Å². The van der Waals surface area contributed by atoms with Gasteiger partial charge in [-0.25, -0.2) is 4.79 Å². The van der Waals surface area contributed by atoms with Crippen molar-refractivity contribution in [3.8, 4) is 0 Å². The molecule has 1 aromatic carbocycles. The fourth-order valence-electron chi connectivity index (χ4n) is 3.09. The minimum atomic E-state index is -0.519. The Kier molecular flexibility index (Phi) is 5.68. The number of anilines is 1. The van der Waals surface area contributed by atoms with E-state index in [4.69, 9.17) is 9.15 Å². The average Bonchev–Trinajstić information content (AvgIpc) is 3.27. The molecule has 0 atom stereocenters. The summed E-state index contributed by atoms with van der Waals surface area (Å²) >= 11 is 0. The molecule has 0 unspecified atom stereocenters. The van der Waals surface area contributed by atoms with Gasteiger partial charge in [0, 0.05) is 17.1 Å². The van der Waals surface area contributed by atoms with Crippen molar-refractivity contribution in [2.75, 3.05) is 11.9 Å². The van der Waals surface area contributed by atoms with E-state index in [0.29, 0.717) is 12.1 Å². The van der Waals surface area contributed by atoms with Gasteiger partial charge in [0.1, 0.15) is 5.76 Å². The van der Waals surface area contributed by atoms with Gasteiger partial charge in [0.05, 0.1) is 18.4 Å². The number of furan rings is 1. The number of carbonyl (C=O) groups excluding carboxylic acids is 2. The standard InChI is InChI=1S/C22H24N2O4/c1-14-7-5-9-20(16(14)3)23-21(25)13-28-22(26)19-11-15(2)24(17(19)4)12-18-8-6-10-27-18/h5-11H,12-13H2,1-4H3,(H,23,25). The van der Waals surface area contributed by atoms with Gasteiger partial charge in [-0.05, 0) is 63.1 Å². The summed E-state index contributed by atoms with van der Waals surface area (Å²) in [5, 5.41) is 2.79. The zero-order valence-corrected chi connectivity index (χ0v) is 16.5. The maximum atomic E-state index is 12.5. The number of hydrogen-bond acceptors (Lipinski definition) is 4. The zero-order valence-electron chi connectivity index (χ0n) is 16.5. The molecule has 1 amide bonds. The normalized spacial score (nSPS) is 10.7. The summed E-state index contributed by atoms with van der Waals surface area (Å²) in [6, 6.07) is 11.1. The SMILES string of the molecule is Cc1cccc(NC(=O)COC(=O)c2cc(C)n(Cc3ccco3)c2C)c1C.